The van der Waals surface area contributed by atoms with Gasteiger partial charge in [0.1, 0.15) is 5.69 Å². The fraction of sp³-hybridized carbons (Fsp3) is 0.125. The topological polar surface area (TPSA) is 61.4 Å². The van der Waals surface area contributed by atoms with E-state index in [4.69, 9.17) is 20.8 Å². The molecule has 0 atom stereocenters. The van der Waals surface area contributed by atoms with E-state index in [1.54, 1.807) is 41.0 Å². The molecule has 0 amide bonds. The highest BCUT2D eigenvalue weighted by Crippen LogP contribution is 2.22. The molecule has 5 nitrogen and oxygen atoms in total. The summed E-state index contributed by atoms with van der Waals surface area (Å²) >= 11 is 5.82. The van der Waals surface area contributed by atoms with Gasteiger partial charge in [0.05, 0.1) is 25.4 Å². The number of furan rings is 1. The Bertz CT molecular complexity index is 845. The van der Waals surface area contributed by atoms with E-state index in [1.165, 1.54) is 13.4 Å². The number of carbonyl (C=O) groups excluding carboxylic acids is 2. The number of esters is 1. The third-order valence-electron chi connectivity index (χ3n) is 3.39. The fourth-order valence-corrected chi connectivity index (χ4v) is 2.42. The Morgan fingerprint density at radius 2 is 1.95 bits per heavy atom. The van der Waals surface area contributed by atoms with Gasteiger partial charge in [-0.15, -0.1) is 0 Å². The number of hydrogen-bond donors (Lipinski definition) is 0. The predicted octanol–water partition coefficient (Wildman–Crippen LogP) is 3.56. The molecular weight excluding hydrogens is 306 g/mol. The molecule has 0 unspecified atom stereocenters. The molecule has 0 aliphatic rings. The average Bonchev–Trinajstić information content (AvgIpc) is 3.09. The van der Waals surface area contributed by atoms with Crippen molar-refractivity contribution in [1.29, 1.82) is 0 Å². The van der Waals surface area contributed by atoms with Crippen molar-refractivity contribution >= 4 is 34.5 Å². The number of hydrogen-bond acceptors (Lipinski definition) is 4. The number of halogens is 1. The quantitative estimate of drug-likeness (QED) is 0.545. The van der Waals surface area contributed by atoms with Crippen molar-refractivity contribution in [2.75, 3.05) is 7.11 Å². The number of ketones is 1. The molecule has 0 bridgehead atoms. The smallest absolute Gasteiger partial charge is 0.354 e. The summed E-state index contributed by atoms with van der Waals surface area (Å²) in [6, 6.07) is 9.88. The molecule has 22 heavy (non-hydrogen) atoms. The van der Waals surface area contributed by atoms with E-state index in [0.717, 1.165) is 0 Å². The summed E-state index contributed by atoms with van der Waals surface area (Å²) in [5.74, 6) is -0.657. The monoisotopic (exact) mass is 317 g/mol. The second-order valence-corrected chi connectivity index (χ2v) is 5.14. The maximum Gasteiger partial charge on any atom is 0.354 e. The first-order valence-corrected chi connectivity index (χ1v) is 6.92. The van der Waals surface area contributed by atoms with Crippen LogP contribution in [0.4, 0.5) is 0 Å². The van der Waals surface area contributed by atoms with Crippen LogP contribution >= 0.6 is 11.6 Å². The van der Waals surface area contributed by atoms with Gasteiger partial charge in [0.25, 0.3) is 0 Å². The lowest BCUT2D eigenvalue weighted by molar-refractivity contribution is 0.0589. The number of fused-ring (bicyclic) bond motifs is 1. The minimum Gasteiger partial charge on any atom is -0.464 e. The van der Waals surface area contributed by atoms with Crippen molar-refractivity contribution in [3.8, 4) is 0 Å². The Balaban J connectivity index is 1.98. The van der Waals surface area contributed by atoms with Gasteiger partial charge in [-0.2, -0.15) is 0 Å². The second kappa shape index (κ2) is 5.69. The van der Waals surface area contributed by atoms with E-state index in [-0.39, 0.29) is 18.0 Å². The Hall–Kier alpha value is -2.53. The summed E-state index contributed by atoms with van der Waals surface area (Å²) in [6.45, 7) is 0.00903. The summed E-state index contributed by atoms with van der Waals surface area (Å²) in [5.41, 5.74) is 2.00. The van der Waals surface area contributed by atoms with Gasteiger partial charge < -0.3 is 13.7 Å². The Labute approximate surface area is 131 Å². The lowest BCUT2D eigenvalue weighted by Gasteiger charge is -2.08. The van der Waals surface area contributed by atoms with Crippen molar-refractivity contribution in [3.05, 3.63) is 58.9 Å². The number of ether oxygens (including phenoxy) is 1. The normalized spacial score (nSPS) is 10.8. The Kier molecular flexibility index (Phi) is 3.73. The van der Waals surface area contributed by atoms with Crippen molar-refractivity contribution in [2.45, 2.75) is 6.54 Å². The van der Waals surface area contributed by atoms with E-state index in [0.29, 0.717) is 21.7 Å². The van der Waals surface area contributed by atoms with Gasteiger partial charge in [-0.1, -0.05) is 11.6 Å². The molecule has 112 valence electrons. The molecule has 0 radical (unpaired) electrons. The average molecular weight is 318 g/mol. The first kappa shape index (κ1) is 14.4. The summed E-state index contributed by atoms with van der Waals surface area (Å²) in [7, 11) is 1.29. The van der Waals surface area contributed by atoms with Gasteiger partial charge in [0.15, 0.2) is 11.4 Å². The first-order chi connectivity index (χ1) is 10.6. The molecule has 0 N–H and O–H groups in total. The molecule has 3 aromatic rings. The standard InChI is InChI=1S/C16H12ClNO4/c1-21-16(20)13-8-15-12(6-7-22-15)18(13)9-14(19)10-2-4-11(17)5-3-10/h2-8H,9H2,1H3. The minimum absolute atomic E-state index is 0.00903. The molecule has 3 rings (SSSR count). The molecule has 2 heterocycles. The van der Waals surface area contributed by atoms with Gasteiger partial charge in [0.2, 0.25) is 0 Å². The molecular formula is C16H12ClNO4. The molecule has 0 saturated heterocycles. The SMILES string of the molecule is COC(=O)c1cc2occc2n1CC(=O)c1ccc(Cl)cc1. The maximum absolute atomic E-state index is 12.4. The molecule has 0 fully saturated rings. The van der Waals surface area contributed by atoms with Crippen LogP contribution in [0.2, 0.25) is 5.02 Å². The number of nitrogens with zero attached hydrogens (tertiary/aromatic N) is 1. The van der Waals surface area contributed by atoms with Gasteiger partial charge in [-0.3, -0.25) is 4.79 Å². The van der Waals surface area contributed by atoms with E-state index in [2.05, 4.69) is 0 Å². The largest absolute Gasteiger partial charge is 0.464 e. The highest BCUT2D eigenvalue weighted by molar-refractivity contribution is 6.30. The van der Waals surface area contributed by atoms with Crippen LogP contribution in [0.25, 0.3) is 11.1 Å². The zero-order valence-electron chi connectivity index (χ0n) is 11.7. The van der Waals surface area contributed by atoms with Crippen molar-refractivity contribution < 1.29 is 18.7 Å². The van der Waals surface area contributed by atoms with E-state index in [9.17, 15) is 9.59 Å². The number of benzene rings is 1. The zero-order valence-corrected chi connectivity index (χ0v) is 12.5. The highest BCUT2D eigenvalue weighted by Gasteiger charge is 2.20. The molecule has 2 aromatic heterocycles. The molecule has 0 saturated carbocycles. The number of Topliss-reactive ketones (excluding diaryl/α,β-unsaturated/α-hetero) is 1. The van der Waals surface area contributed by atoms with Crippen LogP contribution in [0, 0.1) is 0 Å². The molecule has 0 aliphatic carbocycles. The van der Waals surface area contributed by atoms with Crippen LogP contribution in [0.1, 0.15) is 20.8 Å². The summed E-state index contributed by atoms with van der Waals surface area (Å²) in [5, 5.41) is 0.560. The van der Waals surface area contributed by atoms with Crippen LogP contribution in [0.3, 0.4) is 0 Å². The van der Waals surface area contributed by atoms with Crippen LogP contribution < -0.4 is 0 Å². The Morgan fingerprint density at radius 1 is 1.23 bits per heavy atom. The lowest BCUT2D eigenvalue weighted by Crippen LogP contribution is -2.16. The van der Waals surface area contributed by atoms with Crippen LogP contribution in [-0.4, -0.2) is 23.4 Å². The lowest BCUT2D eigenvalue weighted by atomic mass is 10.1. The zero-order chi connectivity index (χ0) is 15.7. The van der Waals surface area contributed by atoms with E-state index >= 15 is 0 Å². The second-order valence-electron chi connectivity index (χ2n) is 4.71. The fourth-order valence-electron chi connectivity index (χ4n) is 2.29. The van der Waals surface area contributed by atoms with Gasteiger partial charge in [-0.05, 0) is 24.3 Å². The van der Waals surface area contributed by atoms with E-state index in [1.807, 2.05) is 0 Å². The summed E-state index contributed by atoms with van der Waals surface area (Å²) in [4.78, 5) is 24.3. The van der Waals surface area contributed by atoms with Gasteiger partial charge in [-0.25, -0.2) is 4.79 Å². The number of carbonyl (C=O) groups is 2. The summed E-state index contributed by atoms with van der Waals surface area (Å²) in [6.07, 6.45) is 1.51. The van der Waals surface area contributed by atoms with Crippen molar-refractivity contribution in [3.63, 3.8) is 0 Å². The highest BCUT2D eigenvalue weighted by atomic mass is 35.5. The van der Waals surface area contributed by atoms with Gasteiger partial charge >= 0.3 is 5.97 Å². The van der Waals surface area contributed by atoms with Gasteiger partial charge in [0, 0.05) is 22.7 Å². The number of rotatable bonds is 4. The molecule has 6 heteroatoms. The third-order valence-corrected chi connectivity index (χ3v) is 3.64. The van der Waals surface area contributed by atoms with Crippen molar-refractivity contribution in [2.24, 2.45) is 0 Å². The molecule has 1 aromatic carbocycles. The van der Waals surface area contributed by atoms with Crippen LogP contribution in [0.5, 0.6) is 0 Å². The third kappa shape index (κ3) is 2.51. The Morgan fingerprint density at radius 3 is 2.64 bits per heavy atom. The van der Waals surface area contributed by atoms with Crippen LogP contribution in [0.15, 0.2) is 47.1 Å². The first-order valence-electron chi connectivity index (χ1n) is 6.54. The summed E-state index contributed by atoms with van der Waals surface area (Å²) < 4.78 is 11.6. The molecule has 0 aliphatic heterocycles. The molecule has 0 spiro atoms. The predicted molar refractivity (Wildman–Crippen MR) is 81.3 cm³/mol. The number of methoxy groups -OCH3 is 1. The number of aromatic nitrogens is 1. The van der Waals surface area contributed by atoms with Crippen molar-refractivity contribution in [1.82, 2.24) is 4.57 Å². The van der Waals surface area contributed by atoms with Crippen LogP contribution in [-0.2, 0) is 11.3 Å². The minimum atomic E-state index is -0.518. The van der Waals surface area contributed by atoms with E-state index < -0.39 is 5.97 Å². The maximum atomic E-state index is 12.4.